The molecule has 0 atom stereocenters. The summed E-state index contributed by atoms with van der Waals surface area (Å²) in [6.07, 6.45) is 5.39. The van der Waals surface area contributed by atoms with E-state index >= 15 is 0 Å². The van der Waals surface area contributed by atoms with Crippen LogP contribution in [-0.2, 0) is 11.8 Å². The van der Waals surface area contributed by atoms with E-state index in [4.69, 9.17) is 4.74 Å². The monoisotopic (exact) mass is 413 g/mol. The minimum absolute atomic E-state index is 0.0325. The first kappa shape index (κ1) is 19.2. The molecule has 1 fully saturated rings. The van der Waals surface area contributed by atoms with E-state index in [9.17, 15) is 4.79 Å². The number of carbonyl (C=O) groups is 1. The summed E-state index contributed by atoms with van der Waals surface area (Å²) in [7, 11) is 1.90. The van der Waals surface area contributed by atoms with Crippen molar-refractivity contribution in [3.63, 3.8) is 0 Å². The number of carbonyl (C=O) groups excluding carboxylic acids is 1. The summed E-state index contributed by atoms with van der Waals surface area (Å²) in [6, 6.07) is 13.8. The van der Waals surface area contributed by atoms with E-state index in [1.165, 1.54) is 0 Å². The topological polar surface area (TPSA) is 81.9 Å². The minimum atomic E-state index is 0.0325. The Morgan fingerprint density at radius 1 is 1.16 bits per heavy atom. The van der Waals surface area contributed by atoms with Gasteiger partial charge in [-0.25, -0.2) is 9.97 Å². The molecule has 1 amide bonds. The van der Waals surface area contributed by atoms with E-state index in [0.29, 0.717) is 18.0 Å². The van der Waals surface area contributed by atoms with Crippen molar-refractivity contribution in [2.75, 3.05) is 11.9 Å². The van der Waals surface area contributed by atoms with Gasteiger partial charge in [-0.3, -0.25) is 9.48 Å². The molecule has 4 aromatic rings. The van der Waals surface area contributed by atoms with Crippen LogP contribution < -0.4 is 10.1 Å². The summed E-state index contributed by atoms with van der Waals surface area (Å²) in [5.74, 6) is 0.743. The molecule has 0 unspecified atom stereocenters. The first-order chi connectivity index (χ1) is 15.1. The normalized spacial score (nSPS) is 13.4. The van der Waals surface area contributed by atoms with Gasteiger partial charge in [0.25, 0.3) is 0 Å². The van der Waals surface area contributed by atoms with Gasteiger partial charge in [0.05, 0.1) is 23.5 Å². The Bertz CT molecular complexity index is 1260. The Hall–Kier alpha value is -3.74. The van der Waals surface area contributed by atoms with Crippen LogP contribution in [0.4, 0.5) is 5.69 Å². The molecule has 1 N–H and O–H groups in total. The fourth-order valence-electron chi connectivity index (χ4n) is 3.72. The average Bonchev–Trinajstić information content (AvgIpc) is 3.56. The van der Waals surface area contributed by atoms with E-state index in [1.54, 1.807) is 11.0 Å². The third-order valence-corrected chi connectivity index (χ3v) is 5.37. The van der Waals surface area contributed by atoms with Gasteiger partial charge in [0, 0.05) is 41.7 Å². The molecule has 0 radical (unpaired) electrons. The molecule has 7 heteroatoms. The molecule has 0 saturated heterocycles. The molecule has 1 aliphatic rings. The lowest BCUT2D eigenvalue weighted by Gasteiger charge is -2.14. The predicted molar refractivity (Wildman–Crippen MR) is 120 cm³/mol. The van der Waals surface area contributed by atoms with Crippen molar-refractivity contribution in [1.82, 2.24) is 19.7 Å². The van der Waals surface area contributed by atoms with Crippen LogP contribution in [-0.4, -0.2) is 32.3 Å². The van der Waals surface area contributed by atoms with Gasteiger partial charge in [-0.1, -0.05) is 30.3 Å². The highest BCUT2D eigenvalue weighted by Crippen LogP contribution is 2.38. The number of hydrogen-bond acceptors (Lipinski definition) is 5. The molecule has 0 bridgehead atoms. The van der Waals surface area contributed by atoms with Crippen molar-refractivity contribution in [2.45, 2.75) is 19.8 Å². The van der Waals surface area contributed by atoms with Crippen LogP contribution in [0.3, 0.4) is 0 Å². The number of rotatable bonds is 6. The van der Waals surface area contributed by atoms with Gasteiger partial charge in [0.2, 0.25) is 5.91 Å². The summed E-state index contributed by atoms with van der Waals surface area (Å²) >= 11 is 0. The Morgan fingerprint density at radius 3 is 2.71 bits per heavy atom. The molecule has 5 rings (SSSR count). The molecule has 0 aliphatic heterocycles. The summed E-state index contributed by atoms with van der Waals surface area (Å²) in [6.45, 7) is 2.42. The van der Waals surface area contributed by atoms with E-state index in [-0.39, 0.29) is 11.8 Å². The zero-order valence-corrected chi connectivity index (χ0v) is 17.5. The van der Waals surface area contributed by atoms with Crippen LogP contribution in [0.15, 0.2) is 55.0 Å². The zero-order chi connectivity index (χ0) is 21.4. The summed E-state index contributed by atoms with van der Waals surface area (Å²) < 4.78 is 7.58. The van der Waals surface area contributed by atoms with Crippen molar-refractivity contribution in [2.24, 2.45) is 13.0 Å². The quantitative estimate of drug-likeness (QED) is 0.505. The van der Waals surface area contributed by atoms with Gasteiger partial charge >= 0.3 is 0 Å². The first-order valence-corrected chi connectivity index (χ1v) is 10.5. The van der Waals surface area contributed by atoms with Crippen LogP contribution in [0.1, 0.15) is 19.8 Å². The van der Waals surface area contributed by atoms with Crippen molar-refractivity contribution in [1.29, 1.82) is 0 Å². The van der Waals surface area contributed by atoms with Crippen LogP contribution in [0.5, 0.6) is 5.75 Å². The van der Waals surface area contributed by atoms with Crippen molar-refractivity contribution >= 4 is 22.5 Å². The van der Waals surface area contributed by atoms with Crippen LogP contribution >= 0.6 is 0 Å². The van der Waals surface area contributed by atoms with Gasteiger partial charge in [0.15, 0.2) is 0 Å². The molecule has 2 heterocycles. The first-order valence-electron chi connectivity index (χ1n) is 10.5. The van der Waals surface area contributed by atoms with Gasteiger partial charge in [-0.05, 0) is 25.8 Å². The van der Waals surface area contributed by atoms with E-state index in [1.807, 2.05) is 62.6 Å². The molecule has 0 spiro atoms. The van der Waals surface area contributed by atoms with Crippen molar-refractivity contribution in [3.8, 4) is 28.3 Å². The number of aromatic nitrogens is 4. The molecule has 7 nitrogen and oxygen atoms in total. The average molecular weight is 413 g/mol. The largest absolute Gasteiger partial charge is 0.492 e. The number of fused-ring (bicyclic) bond motifs is 1. The lowest BCUT2D eigenvalue weighted by molar-refractivity contribution is -0.117. The zero-order valence-electron chi connectivity index (χ0n) is 17.5. The summed E-state index contributed by atoms with van der Waals surface area (Å²) in [4.78, 5) is 21.5. The maximum atomic E-state index is 12.5. The second-order valence-corrected chi connectivity index (χ2v) is 7.72. The highest BCUT2D eigenvalue weighted by molar-refractivity contribution is 6.02. The third-order valence-electron chi connectivity index (χ3n) is 5.37. The molecule has 2 aromatic heterocycles. The summed E-state index contributed by atoms with van der Waals surface area (Å²) in [5.41, 5.74) is 4.93. The highest BCUT2D eigenvalue weighted by atomic mass is 16.5. The number of anilines is 1. The fraction of sp³-hybridized carbons (Fsp3) is 0.250. The molecular formula is C24H23N5O2. The predicted octanol–water partition coefficient (Wildman–Crippen LogP) is 4.44. The maximum Gasteiger partial charge on any atom is 0.227 e. The number of nitrogens with zero attached hydrogens (tertiary/aromatic N) is 4. The SMILES string of the molecule is CCOc1cc2ncnc(-c3cn(C)nc3-c3ccccc3)c2cc1NC(=O)C1CC1. The van der Waals surface area contributed by atoms with Gasteiger partial charge < -0.3 is 10.1 Å². The maximum absolute atomic E-state index is 12.5. The van der Waals surface area contributed by atoms with E-state index in [2.05, 4.69) is 20.4 Å². The number of benzene rings is 2. The molecule has 2 aromatic carbocycles. The van der Waals surface area contributed by atoms with Gasteiger partial charge in [0.1, 0.15) is 17.8 Å². The number of aryl methyl sites for hydroxylation is 1. The Morgan fingerprint density at radius 2 is 1.97 bits per heavy atom. The van der Waals surface area contributed by atoms with Gasteiger partial charge in [-0.2, -0.15) is 5.10 Å². The Balaban J connectivity index is 1.67. The minimum Gasteiger partial charge on any atom is -0.492 e. The summed E-state index contributed by atoms with van der Waals surface area (Å²) in [5, 5.41) is 8.55. The van der Waals surface area contributed by atoms with E-state index < -0.39 is 0 Å². The standard InChI is InChI=1S/C24H23N5O2/c1-3-31-21-12-19-17(11-20(21)27-24(30)16-9-10-16)23(26-14-25-19)18-13-29(2)28-22(18)15-7-5-4-6-8-15/h4-8,11-14,16H,3,9-10H2,1-2H3,(H,27,30). The molecule has 1 aliphatic carbocycles. The van der Waals surface area contributed by atoms with Crippen molar-refractivity contribution < 1.29 is 9.53 Å². The van der Waals surface area contributed by atoms with Crippen LogP contribution in [0.2, 0.25) is 0 Å². The number of hydrogen-bond donors (Lipinski definition) is 1. The Labute approximate surface area is 180 Å². The Kier molecular flexibility index (Phi) is 4.86. The molecule has 31 heavy (non-hydrogen) atoms. The fourth-order valence-corrected chi connectivity index (χ4v) is 3.72. The lowest BCUT2D eigenvalue weighted by atomic mass is 10.0. The molecule has 1 saturated carbocycles. The molecular weight excluding hydrogens is 390 g/mol. The van der Waals surface area contributed by atoms with Crippen LogP contribution in [0.25, 0.3) is 33.4 Å². The number of nitrogens with one attached hydrogen (secondary N) is 1. The third kappa shape index (κ3) is 3.74. The number of amides is 1. The number of ether oxygens (including phenoxy) is 1. The highest BCUT2D eigenvalue weighted by Gasteiger charge is 2.30. The van der Waals surface area contributed by atoms with Crippen molar-refractivity contribution in [3.05, 3.63) is 55.0 Å². The molecule has 156 valence electrons. The second kappa shape index (κ2) is 7.83. The van der Waals surface area contributed by atoms with E-state index in [0.717, 1.165) is 46.3 Å². The van der Waals surface area contributed by atoms with Crippen LogP contribution in [0, 0.1) is 5.92 Å². The van der Waals surface area contributed by atoms with Gasteiger partial charge in [-0.15, -0.1) is 0 Å². The smallest absolute Gasteiger partial charge is 0.227 e. The second-order valence-electron chi connectivity index (χ2n) is 7.72. The lowest BCUT2D eigenvalue weighted by Crippen LogP contribution is -2.14.